The smallest absolute Gasteiger partial charge is 0.254 e. The van der Waals surface area contributed by atoms with E-state index in [2.05, 4.69) is 11.4 Å². The van der Waals surface area contributed by atoms with Crippen molar-refractivity contribution in [3.05, 3.63) is 58.7 Å². The van der Waals surface area contributed by atoms with E-state index in [4.69, 9.17) is 4.74 Å². The van der Waals surface area contributed by atoms with Crippen molar-refractivity contribution in [2.75, 3.05) is 18.1 Å². The minimum Gasteiger partial charge on any atom is -0.492 e. The molecule has 1 N–H and O–H groups in total. The van der Waals surface area contributed by atoms with Gasteiger partial charge in [0.2, 0.25) is 5.91 Å². The van der Waals surface area contributed by atoms with Crippen molar-refractivity contribution in [2.45, 2.75) is 33.7 Å². The zero-order valence-corrected chi connectivity index (χ0v) is 15.6. The van der Waals surface area contributed by atoms with Crippen LogP contribution in [0.1, 0.15) is 35.2 Å². The van der Waals surface area contributed by atoms with Crippen molar-refractivity contribution in [3.63, 3.8) is 0 Å². The first-order chi connectivity index (χ1) is 12.4. The Labute approximate surface area is 154 Å². The molecule has 26 heavy (non-hydrogen) atoms. The molecule has 2 aromatic carbocycles. The average molecular weight is 352 g/mol. The monoisotopic (exact) mass is 352 g/mol. The molecule has 2 amide bonds. The van der Waals surface area contributed by atoms with Crippen LogP contribution in [0, 0.1) is 20.8 Å². The molecule has 0 saturated heterocycles. The fraction of sp³-hybridized carbons (Fsp3) is 0.333. The standard InChI is InChI=1S/C21H24N2O3/c1-13-5-7-17(8-6-13)26-10-9-23-20-15(3)11-14(2)12-18(20)19(21(23)25)22-16(4)24/h5-8,11-12,19H,9-10H2,1-4H3,(H,22,24). The summed E-state index contributed by atoms with van der Waals surface area (Å²) in [5.74, 6) is 0.448. The number of hydrogen-bond acceptors (Lipinski definition) is 3. The van der Waals surface area contributed by atoms with Gasteiger partial charge in [-0.15, -0.1) is 0 Å². The number of ether oxygens (including phenoxy) is 1. The Morgan fingerprint density at radius 3 is 2.46 bits per heavy atom. The average Bonchev–Trinajstić information content (AvgIpc) is 2.82. The highest BCUT2D eigenvalue weighted by molar-refractivity contribution is 6.07. The Bertz CT molecular complexity index is 843. The number of aryl methyl sites for hydroxylation is 3. The molecule has 0 bridgehead atoms. The highest BCUT2D eigenvalue weighted by Gasteiger charge is 2.38. The lowest BCUT2D eigenvalue weighted by Gasteiger charge is -2.20. The quantitative estimate of drug-likeness (QED) is 0.899. The largest absolute Gasteiger partial charge is 0.492 e. The number of hydrogen-bond donors (Lipinski definition) is 1. The Morgan fingerprint density at radius 1 is 1.12 bits per heavy atom. The summed E-state index contributed by atoms with van der Waals surface area (Å²) < 4.78 is 5.78. The molecule has 0 radical (unpaired) electrons. The number of benzene rings is 2. The van der Waals surface area contributed by atoms with E-state index in [1.54, 1.807) is 4.90 Å². The van der Waals surface area contributed by atoms with Crippen LogP contribution in [0.5, 0.6) is 5.75 Å². The summed E-state index contributed by atoms with van der Waals surface area (Å²) in [6, 6.07) is 11.2. The zero-order chi connectivity index (χ0) is 18.8. The lowest BCUT2D eigenvalue weighted by atomic mass is 10.0. The molecular formula is C21H24N2O3. The van der Waals surface area contributed by atoms with E-state index in [1.807, 2.05) is 51.1 Å². The zero-order valence-electron chi connectivity index (χ0n) is 15.6. The molecule has 0 aliphatic carbocycles. The summed E-state index contributed by atoms with van der Waals surface area (Å²) in [5, 5.41) is 2.78. The van der Waals surface area contributed by atoms with E-state index in [9.17, 15) is 9.59 Å². The molecule has 5 heteroatoms. The van der Waals surface area contributed by atoms with Crippen LogP contribution in [-0.2, 0) is 9.59 Å². The van der Waals surface area contributed by atoms with E-state index < -0.39 is 6.04 Å². The first-order valence-electron chi connectivity index (χ1n) is 8.76. The molecule has 1 aliphatic heterocycles. The molecule has 0 aromatic heterocycles. The van der Waals surface area contributed by atoms with Gasteiger partial charge in [0.25, 0.3) is 5.91 Å². The number of rotatable bonds is 5. The second-order valence-corrected chi connectivity index (χ2v) is 6.80. The van der Waals surface area contributed by atoms with E-state index in [0.29, 0.717) is 13.2 Å². The summed E-state index contributed by atoms with van der Waals surface area (Å²) in [6.07, 6.45) is 0. The third kappa shape index (κ3) is 3.57. The van der Waals surface area contributed by atoms with Gasteiger partial charge in [0, 0.05) is 12.5 Å². The maximum Gasteiger partial charge on any atom is 0.254 e. The van der Waals surface area contributed by atoms with Crippen molar-refractivity contribution >= 4 is 17.5 Å². The maximum atomic E-state index is 12.9. The second kappa shape index (κ2) is 7.20. The molecule has 1 heterocycles. The fourth-order valence-corrected chi connectivity index (χ4v) is 3.43. The summed E-state index contributed by atoms with van der Waals surface area (Å²) in [7, 11) is 0. The molecule has 0 saturated carbocycles. The third-order valence-electron chi connectivity index (χ3n) is 4.52. The van der Waals surface area contributed by atoms with Gasteiger partial charge in [0.05, 0.1) is 12.2 Å². The lowest BCUT2D eigenvalue weighted by Crippen LogP contribution is -2.38. The summed E-state index contributed by atoms with van der Waals surface area (Å²) >= 11 is 0. The second-order valence-electron chi connectivity index (χ2n) is 6.80. The first-order valence-corrected chi connectivity index (χ1v) is 8.76. The van der Waals surface area contributed by atoms with Gasteiger partial charge in [-0.25, -0.2) is 0 Å². The molecule has 1 atom stereocenters. The Balaban J connectivity index is 1.80. The topological polar surface area (TPSA) is 58.6 Å². The lowest BCUT2D eigenvalue weighted by molar-refractivity contribution is -0.126. The molecule has 0 spiro atoms. The summed E-state index contributed by atoms with van der Waals surface area (Å²) in [6.45, 7) is 8.25. The van der Waals surface area contributed by atoms with E-state index in [-0.39, 0.29) is 11.8 Å². The molecule has 136 valence electrons. The van der Waals surface area contributed by atoms with Crippen LogP contribution in [-0.4, -0.2) is 25.0 Å². The highest BCUT2D eigenvalue weighted by atomic mass is 16.5. The van der Waals surface area contributed by atoms with Crippen LogP contribution in [0.25, 0.3) is 0 Å². The number of carbonyl (C=O) groups is 2. The van der Waals surface area contributed by atoms with Crippen molar-refractivity contribution in [1.29, 1.82) is 0 Å². The van der Waals surface area contributed by atoms with Gasteiger partial charge in [0.1, 0.15) is 18.4 Å². The van der Waals surface area contributed by atoms with Crippen LogP contribution in [0.4, 0.5) is 5.69 Å². The molecule has 1 aliphatic rings. The molecular weight excluding hydrogens is 328 g/mol. The van der Waals surface area contributed by atoms with Crippen LogP contribution < -0.4 is 15.0 Å². The van der Waals surface area contributed by atoms with E-state index in [0.717, 1.165) is 28.1 Å². The Kier molecular flexibility index (Phi) is 4.98. The highest BCUT2D eigenvalue weighted by Crippen LogP contribution is 2.39. The Hall–Kier alpha value is -2.82. The van der Waals surface area contributed by atoms with Crippen molar-refractivity contribution in [2.24, 2.45) is 0 Å². The van der Waals surface area contributed by atoms with Gasteiger partial charge in [-0.2, -0.15) is 0 Å². The third-order valence-corrected chi connectivity index (χ3v) is 4.52. The summed E-state index contributed by atoms with van der Waals surface area (Å²) in [4.78, 5) is 26.2. The van der Waals surface area contributed by atoms with Gasteiger partial charge in [-0.1, -0.05) is 35.4 Å². The first kappa shape index (κ1) is 18.0. The molecule has 0 fully saturated rings. The van der Waals surface area contributed by atoms with E-state index in [1.165, 1.54) is 12.5 Å². The SMILES string of the molecule is CC(=O)NC1C(=O)N(CCOc2ccc(C)cc2)c2c(C)cc(C)cc21. The fourth-order valence-electron chi connectivity index (χ4n) is 3.43. The van der Waals surface area contributed by atoms with Crippen molar-refractivity contribution in [3.8, 4) is 5.75 Å². The number of nitrogens with zero attached hydrogens (tertiary/aromatic N) is 1. The van der Waals surface area contributed by atoms with Crippen LogP contribution >= 0.6 is 0 Å². The number of anilines is 1. The van der Waals surface area contributed by atoms with Gasteiger partial charge >= 0.3 is 0 Å². The number of fused-ring (bicyclic) bond motifs is 1. The normalized spacial score (nSPS) is 15.8. The van der Waals surface area contributed by atoms with Crippen molar-refractivity contribution < 1.29 is 14.3 Å². The number of amides is 2. The Morgan fingerprint density at radius 2 is 1.81 bits per heavy atom. The molecule has 1 unspecified atom stereocenters. The molecule has 5 nitrogen and oxygen atoms in total. The minimum absolute atomic E-state index is 0.114. The number of carbonyl (C=O) groups excluding carboxylic acids is 2. The predicted octanol–water partition coefficient (Wildman–Crippen LogP) is 3.21. The van der Waals surface area contributed by atoms with Crippen LogP contribution in [0.2, 0.25) is 0 Å². The predicted molar refractivity (Wildman–Crippen MR) is 102 cm³/mol. The van der Waals surface area contributed by atoms with Gasteiger partial charge in [-0.05, 0) is 38.5 Å². The maximum absolute atomic E-state index is 12.9. The summed E-state index contributed by atoms with van der Waals surface area (Å²) in [5.41, 5.74) is 5.01. The minimum atomic E-state index is -0.625. The van der Waals surface area contributed by atoms with E-state index >= 15 is 0 Å². The van der Waals surface area contributed by atoms with Gasteiger partial charge in [-0.3, -0.25) is 9.59 Å². The van der Waals surface area contributed by atoms with Crippen LogP contribution in [0.3, 0.4) is 0 Å². The van der Waals surface area contributed by atoms with Gasteiger partial charge < -0.3 is 15.0 Å². The van der Waals surface area contributed by atoms with Gasteiger partial charge in [0.15, 0.2) is 0 Å². The number of nitrogens with one attached hydrogen (secondary N) is 1. The molecule has 2 aromatic rings. The van der Waals surface area contributed by atoms with Crippen molar-refractivity contribution in [1.82, 2.24) is 5.32 Å². The van der Waals surface area contributed by atoms with Crippen LogP contribution in [0.15, 0.2) is 36.4 Å². The molecule has 3 rings (SSSR count).